The van der Waals surface area contributed by atoms with Crippen molar-refractivity contribution in [2.24, 2.45) is 0 Å². The molecule has 0 bridgehead atoms. The van der Waals surface area contributed by atoms with Gasteiger partial charge in [0.1, 0.15) is 16.8 Å². The maximum absolute atomic E-state index is 6.03. The molecule has 36 heavy (non-hydrogen) atoms. The lowest BCUT2D eigenvalue weighted by molar-refractivity contribution is -0.408. The molecule has 0 unspecified atom stereocenters. The lowest BCUT2D eigenvalue weighted by Gasteiger charge is -2.35. The third-order valence-corrected chi connectivity index (χ3v) is 7.00. The molecule has 0 heterocycles. The van der Waals surface area contributed by atoms with Crippen LogP contribution in [0.15, 0.2) is 18.2 Å². The molecule has 0 radical (unpaired) electrons. The van der Waals surface area contributed by atoms with Crippen molar-refractivity contribution in [3.8, 4) is 0 Å². The summed E-state index contributed by atoms with van der Waals surface area (Å²) in [5, 5.41) is 0. The quantitative estimate of drug-likeness (QED) is 0.174. The Kier molecular flexibility index (Phi) is 10.8. The van der Waals surface area contributed by atoms with E-state index in [1.165, 1.54) is 0 Å². The summed E-state index contributed by atoms with van der Waals surface area (Å²) in [6.07, 6.45) is 2.47. The molecular weight excluding hydrogens is 456 g/mol. The van der Waals surface area contributed by atoms with Gasteiger partial charge in [-0.25, -0.2) is 29.3 Å². The molecule has 210 valence electrons. The van der Waals surface area contributed by atoms with E-state index in [-0.39, 0.29) is 0 Å². The predicted octanol–water partition coefficient (Wildman–Crippen LogP) is 8.80. The van der Waals surface area contributed by atoms with E-state index in [4.69, 9.17) is 29.3 Å². The Balaban J connectivity index is 3.51. The van der Waals surface area contributed by atoms with E-state index in [1.54, 1.807) is 0 Å². The Hall–Kier alpha value is -1.02. The highest BCUT2D eigenvalue weighted by Crippen LogP contribution is 2.38. The molecule has 0 aliphatic heterocycles. The van der Waals surface area contributed by atoms with E-state index < -0.39 is 33.6 Å². The first kappa shape index (κ1) is 33.0. The zero-order chi connectivity index (χ0) is 28.2. The minimum atomic E-state index is -0.740. The summed E-state index contributed by atoms with van der Waals surface area (Å²) in [5.74, 6) is 0. The van der Waals surface area contributed by atoms with Crippen LogP contribution in [-0.2, 0) is 46.1 Å². The van der Waals surface area contributed by atoms with Crippen molar-refractivity contribution in [3.63, 3.8) is 0 Å². The van der Waals surface area contributed by atoms with Crippen LogP contribution in [0, 0.1) is 0 Å². The number of rotatable bonds is 15. The topological polar surface area (TPSA) is 55.4 Å². The fourth-order valence-corrected chi connectivity index (χ4v) is 2.64. The van der Waals surface area contributed by atoms with Gasteiger partial charge in [0.25, 0.3) is 0 Å². The average molecular weight is 511 g/mol. The van der Waals surface area contributed by atoms with Gasteiger partial charge in [0.05, 0.1) is 16.8 Å². The smallest absolute Gasteiger partial charge is 0.123 e. The number of hydrogen-bond donors (Lipinski definition) is 0. The Morgan fingerprint density at radius 3 is 0.750 bits per heavy atom. The van der Waals surface area contributed by atoms with Gasteiger partial charge >= 0.3 is 0 Å². The van der Waals surface area contributed by atoms with Crippen molar-refractivity contribution in [2.45, 2.75) is 157 Å². The van der Waals surface area contributed by atoms with Gasteiger partial charge in [-0.3, -0.25) is 0 Å². The third kappa shape index (κ3) is 9.70. The Morgan fingerprint density at radius 2 is 0.583 bits per heavy atom. The summed E-state index contributed by atoms with van der Waals surface area (Å²) >= 11 is 0. The fourth-order valence-electron chi connectivity index (χ4n) is 2.64. The van der Waals surface area contributed by atoms with Crippen molar-refractivity contribution >= 4 is 0 Å². The fraction of sp³-hybridized carbons (Fsp3) is 0.800. The van der Waals surface area contributed by atoms with Crippen LogP contribution in [0.3, 0.4) is 0 Å². The molecule has 1 aromatic rings. The molecule has 0 aliphatic carbocycles. The third-order valence-electron chi connectivity index (χ3n) is 7.00. The molecule has 0 atom stereocenters. The van der Waals surface area contributed by atoms with Gasteiger partial charge in [0.2, 0.25) is 0 Å². The van der Waals surface area contributed by atoms with E-state index in [0.717, 1.165) is 36.0 Å². The highest BCUT2D eigenvalue weighted by Gasteiger charge is 2.35. The summed E-state index contributed by atoms with van der Waals surface area (Å²) in [5.41, 5.74) is -0.631. The molecule has 0 aliphatic rings. The molecular formula is C30H54O6. The van der Waals surface area contributed by atoms with Crippen molar-refractivity contribution in [3.05, 3.63) is 34.9 Å². The first-order valence-electron chi connectivity index (χ1n) is 13.4. The van der Waals surface area contributed by atoms with Crippen molar-refractivity contribution in [1.29, 1.82) is 0 Å². The van der Waals surface area contributed by atoms with E-state index in [0.29, 0.717) is 0 Å². The highest BCUT2D eigenvalue weighted by molar-refractivity contribution is 5.38. The van der Waals surface area contributed by atoms with E-state index in [1.807, 2.05) is 83.1 Å². The van der Waals surface area contributed by atoms with Crippen molar-refractivity contribution in [2.75, 3.05) is 0 Å². The average Bonchev–Trinajstić information content (AvgIpc) is 2.80. The highest BCUT2D eigenvalue weighted by atomic mass is 17.2. The summed E-state index contributed by atoms with van der Waals surface area (Å²) < 4.78 is 0. The van der Waals surface area contributed by atoms with Crippen LogP contribution in [0.25, 0.3) is 0 Å². The number of benzene rings is 1. The van der Waals surface area contributed by atoms with Gasteiger partial charge in [-0.1, -0.05) is 20.8 Å². The SMILES string of the molecule is CCC(C)(C)OOC(C)(C)c1cc(C(C)(C)OOC(C)(C)CC)cc(C(C)(C)OOC(C)(C)CC)c1. The van der Waals surface area contributed by atoms with Crippen LogP contribution in [0.4, 0.5) is 0 Å². The maximum atomic E-state index is 6.03. The van der Waals surface area contributed by atoms with Crippen LogP contribution in [0.2, 0.25) is 0 Å². The standard InChI is InChI=1S/C30H54O6/c1-16-25(4,5)31-34-28(10,11)22-19-23(29(12,13)35-32-26(6,7)17-2)21-24(20-22)30(14,15)36-33-27(8,9)18-3/h19-21H,16-18H2,1-15H3. The summed E-state index contributed by atoms with van der Waals surface area (Å²) in [4.78, 5) is 35.6. The molecule has 6 nitrogen and oxygen atoms in total. The van der Waals surface area contributed by atoms with Gasteiger partial charge in [-0.15, -0.1) is 0 Å². The van der Waals surface area contributed by atoms with Gasteiger partial charge in [-0.2, -0.15) is 0 Å². The van der Waals surface area contributed by atoms with Gasteiger partial charge < -0.3 is 0 Å². The molecule has 0 spiro atoms. The van der Waals surface area contributed by atoms with Gasteiger partial charge in [0, 0.05) is 0 Å². The largest absolute Gasteiger partial charge is 0.230 e. The Labute approximate surface area is 221 Å². The summed E-state index contributed by atoms with van der Waals surface area (Å²) in [7, 11) is 0. The normalized spacial score (nSPS) is 14.4. The minimum Gasteiger partial charge on any atom is -0.230 e. The maximum Gasteiger partial charge on any atom is 0.123 e. The first-order valence-corrected chi connectivity index (χ1v) is 13.4. The second kappa shape index (κ2) is 11.8. The van der Waals surface area contributed by atoms with E-state index in [2.05, 4.69) is 39.0 Å². The first-order chi connectivity index (χ1) is 16.1. The predicted molar refractivity (Wildman–Crippen MR) is 145 cm³/mol. The molecule has 0 fully saturated rings. The summed E-state index contributed by atoms with van der Waals surface area (Å²) in [6.45, 7) is 30.3. The van der Waals surface area contributed by atoms with Crippen LogP contribution >= 0.6 is 0 Å². The molecule has 6 heteroatoms. The summed E-state index contributed by atoms with van der Waals surface area (Å²) in [6, 6.07) is 6.25. The van der Waals surface area contributed by atoms with Crippen LogP contribution < -0.4 is 0 Å². The second-order valence-corrected chi connectivity index (χ2v) is 13.2. The lowest BCUT2D eigenvalue weighted by Crippen LogP contribution is -2.34. The molecule has 0 saturated carbocycles. The number of hydrogen-bond acceptors (Lipinski definition) is 6. The van der Waals surface area contributed by atoms with Crippen LogP contribution in [-0.4, -0.2) is 16.8 Å². The molecule has 0 N–H and O–H groups in total. The molecule has 0 aromatic heterocycles. The van der Waals surface area contributed by atoms with Crippen molar-refractivity contribution < 1.29 is 29.3 Å². The molecule has 0 saturated heterocycles. The van der Waals surface area contributed by atoms with Crippen LogP contribution in [0.1, 0.15) is 140 Å². The monoisotopic (exact) mass is 510 g/mol. The van der Waals surface area contributed by atoms with Gasteiger partial charge in [0.15, 0.2) is 0 Å². The van der Waals surface area contributed by atoms with E-state index >= 15 is 0 Å². The molecule has 1 aromatic carbocycles. The lowest BCUT2D eigenvalue weighted by atomic mass is 9.85. The molecule has 1 rings (SSSR count). The molecule has 0 amide bonds. The van der Waals surface area contributed by atoms with Crippen molar-refractivity contribution in [1.82, 2.24) is 0 Å². The van der Waals surface area contributed by atoms with Crippen LogP contribution in [0.5, 0.6) is 0 Å². The Morgan fingerprint density at radius 1 is 0.389 bits per heavy atom. The zero-order valence-corrected chi connectivity index (χ0v) is 25.8. The minimum absolute atomic E-state index is 0.401. The zero-order valence-electron chi connectivity index (χ0n) is 25.8. The Bertz CT molecular complexity index is 714. The second-order valence-electron chi connectivity index (χ2n) is 13.2. The van der Waals surface area contributed by atoms with Gasteiger partial charge in [-0.05, 0) is 137 Å². The van der Waals surface area contributed by atoms with E-state index in [9.17, 15) is 0 Å².